The molecule has 160 valence electrons. The molecule has 1 saturated heterocycles. The number of allylic oxidation sites excluding steroid dienone is 2. The van der Waals surface area contributed by atoms with E-state index in [0.29, 0.717) is 36.9 Å². The number of carbonyl (C=O) groups is 1. The highest BCUT2D eigenvalue weighted by atomic mass is 16.5. The molecule has 4 rings (SSSR count). The highest BCUT2D eigenvalue weighted by molar-refractivity contribution is 6.55. The first-order valence-electron chi connectivity index (χ1n) is 10.1. The number of ether oxygens (including phenoxy) is 1. The van der Waals surface area contributed by atoms with E-state index in [4.69, 9.17) is 15.1 Å². The van der Waals surface area contributed by atoms with Crippen LogP contribution in [0.25, 0.3) is 5.57 Å². The van der Waals surface area contributed by atoms with E-state index in [0.717, 1.165) is 22.2 Å². The van der Waals surface area contributed by atoms with Gasteiger partial charge in [-0.05, 0) is 55.9 Å². The van der Waals surface area contributed by atoms with Crippen molar-refractivity contribution in [3.63, 3.8) is 0 Å². The maximum absolute atomic E-state index is 12.1. The van der Waals surface area contributed by atoms with Crippen LogP contribution in [0.4, 0.5) is 11.5 Å². The van der Waals surface area contributed by atoms with Crippen molar-refractivity contribution in [1.29, 1.82) is 5.26 Å². The van der Waals surface area contributed by atoms with Crippen LogP contribution in [0.3, 0.4) is 0 Å². The van der Waals surface area contributed by atoms with Gasteiger partial charge in [0.15, 0.2) is 5.82 Å². The lowest BCUT2D eigenvalue weighted by Gasteiger charge is -2.27. The fourth-order valence-corrected chi connectivity index (χ4v) is 3.98. The van der Waals surface area contributed by atoms with Crippen LogP contribution in [-0.4, -0.2) is 41.0 Å². The summed E-state index contributed by atoms with van der Waals surface area (Å²) in [7, 11) is -0.965. The van der Waals surface area contributed by atoms with Crippen LogP contribution in [0, 0.1) is 24.2 Å². The molecule has 2 aliphatic heterocycles. The van der Waals surface area contributed by atoms with Crippen LogP contribution in [0.1, 0.15) is 47.8 Å². The van der Waals surface area contributed by atoms with Crippen LogP contribution in [0.2, 0.25) is 0 Å². The van der Waals surface area contributed by atoms with Gasteiger partial charge in [0, 0.05) is 24.1 Å². The molecule has 1 aromatic heterocycles. The van der Waals surface area contributed by atoms with Gasteiger partial charge < -0.3 is 25.5 Å². The third kappa shape index (κ3) is 3.78. The monoisotopic (exact) mass is 421 g/mol. The summed E-state index contributed by atoms with van der Waals surface area (Å²) >= 11 is 0. The average molecular weight is 421 g/mol. The zero-order valence-corrected chi connectivity index (χ0v) is 17.7. The number of nitriles is 1. The van der Waals surface area contributed by atoms with E-state index in [9.17, 15) is 15.1 Å². The summed E-state index contributed by atoms with van der Waals surface area (Å²) in [6.07, 6.45) is 2.17. The summed E-state index contributed by atoms with van der Waals surface area (Å²) in [6, 6.07) is 5.75. The maximum Gasteiger partial charge on any atom is 0.555 e. The van der Waals surface area contributed by atoms with Gasteiger partial charge in [-0.1, -0.05) is 0 Å². The molecule has 2 unspecified atom stereocenters. The van der Waals surface area contributed by atoms with Gasteiger partial charge in [0.25, 0.3) is 5.91 Å². The smallest absolute Gasteiger partial charge is 0.532 e. The fraction of sp³-hybridized carbons (Fsp3) is 0.381. The molecule has 3 heterocycles. The number of hydrogen-bond donors (Lipinski definition) is 3. The number of carbonyl (C=O) groups excluding carboxylic acids is 1. The van der Waals surface area contributed by atoms with Crippen molar-refractivity contribution in [3.05, 3.63) is 40.5 Å². The number of nitrogens with one attached hydrogen (secondary N) is 1. The fourth-order valence-electron chi connectivity index (χ4n) is 3.98. The Morgan fingerprint density at radius 2 is 2.19 bits per heavy atom. The number of anilines is 2. The predicted octanol–water partition coefficient (Wildman–Crippen LogP) is 2.34. The first-order chi connectivity index (χ1) is 14.8. The highest BCUT2D eigenvalue weighted by Crippen LogP contribution is 2.39. The van der Waals surface area contributed by atoms with Gasteiger partial charge >= 0.3 is 7.12 Å². The number of primary amides is 1. The molecule has 1 aromatic carbocycles. The second-order valence-corrected chi connectivity index (χ2v) is 7.98. The van der Waals surface area contributed by atoms with Gasteiger partial charge in [-0.25, -0.2) is 0 Å². The van der Waals surface area contributed by atoms with E-state index < -0.39 is 13.0 Å². The van der Waals surface area contributed by atoms with Crippen molar-refractivity contribution in [2.45, 2.75) is 33.2 Å². The third-order valence-electron chi connectivity index (χ3n) is 5.96. The number of nitrogens with two attached hydrogens (primary N) is 1. The van der Waals surface area contributed by atoms with Crippen molar-refractivity contribution in [3.8, 4) is 11.8 Å². The summed E-state index contributed by atoms with van der Waals surface area (Å²) in [5.74, 6) is 0.0573. The third-order valence-corrected chi connectivity index (χ3v) is 5.96. The van der Waals surface area contributed by atoms with Crippen LogP contribution < -0.4 is 15.7 Å². The van der Waals surface area contributed by atoms with E-state index >= 15 is 0 Å². The molecule has 2 aromatic rings. The predicted molar refractivity (Wildman–Crippen MR) is 116 cm³/mol. The Labute approximate surface area is 180 Å². The number of amides is 1. The van der Waals surface area contributed by atoms with Crippen molar-refractivity contribution in [1.82, 2.24) is 9.78 Å². The Morgan fingerprint density at radius 1 is 1.42 bits per heavy atom. The largest absolute Gasteiger partial charge is 0.555 e. The topological polar surface area (TPSA) is 135 Å². The lowest BCUT2D eigenvalue weighted by atomic mass is 9.73. The quantitative estimate of drug-likeness (QED) is 0.645. The van der Waals surface area contributed by atoms with Crippen LogP contribution >= 0.6 is 0 Å². The van der Waals surface area contributed by atoms with E-state index in [2.05, 4.69) is 16.5 Å². The second kappa shape index (κ2) is 8.09. The number of benzene rings is 1. The Kier molecular flexibility index (Phi) is 5.47. The summed E-state index contributed by atoms with van der Waals surface area (Å²) < 4.78 is 12.8. The minimum absolute atomic E-state index is 0.229. The summed E-state index contributed by atoms with van der Waals surface area (Å²) in [5.41, 5.74) is 9.88. The normalized spacial score (nSPS) is 20.7. The van der Waals surface area contributed by atoms with Crippen molar-refractivity contribution >= 4 is 30.1 Å². The molecule has 4 N–H and O–H groups in total. The molecule has 2 atom stereocenters. The number of rotatable bonds is 4. The van der Waals surface area contributed by atoms with E-state index in [1.54, 1.807) is 10.9 Å². The maximum atomic E-state index is 12.1. The van der Waals surface area contributed by atoms with Crippen LogP contribution in [0.5, 0.6) is 5.75 Å². The van der Waals surface area contributed by atoms with E-state index in [1.165, 1.54) is 0 Å². The zero-order valence-electron chi connectivity index (χ0n) is 17.7. The van der Waals surface area contributed by atoms with Crippen LogP contribution in [-0.2, 0) is 4.74 Å². The van der Waals surface area contributed by atoms with Gasteiger partial charge in [0.1, 0.15) is 11.3 Å². The standard InChI is InChI=1S/C21H24BN5O4/c1-11-6-15(7-16-12(2)13(3)22(29)31-19(11)16)25-21-17(20(24)28)9-27(26-21)18-10-30-5-4-14(18)8-23/h6-7,9,14,18,29H,4-5,10H2,1-3H3,(H2,24,28)(H,25,26). The van der Waals surface area contributed by atoms with E-state index in [1.807, 2.05) is 32.9 Å². The minimum Gasteiger partial charge on any atom is -0.532 e. The van der Waals surface area contributed by atoms with Crippen molar-refractivity contribution in [2.24, 2.45) is 11.7 Å². The number of aromatic nitrogens is 2. The molecule has 0 saturated carbocycles. The Morgan fingerprint density at radius 3 is 2.90 bits per heavy atom. The number of fused-ring (bicyclic) bond motifs is 1. The van der Waals surface area contributed by atoms with E-state index in [-0.39, 0.29) is 17.5 Å². The molecule has 9 nitrogen and oxygen atoms in total. The molecule has 0 bridgehead atoms. The first-order valence-corrected chi connectivity index (χ1v) is 10.1. The van der Waals surface area contributed by atoms with Gasteiger partial charge in [-0.3, -0.25) is 9.48 Å². The molecule has 10 heteroatoms. The Balaban J connectivity index is 1.71. The summed E-state index contributed by atoms with van der Waals surface area (Å²) in [6.45, 7) is 6.51. The molecule has 31 heavy (non-hydrogen) atoms. The van der Waals surface area contributed by atoms with Gasteiger partial charge in [0.2, 0.25) is 0 Å². The van der Waals surface area contributed by atoms with Crippen molar-refractivity contribution < 1.29 is 19.2 Å². The first kappa shape index (κ1) is 21.0. The zero-order chi connectivity index (χ0) is 22.3. The molecule has 1 amide bonds. The van der Waals surface area contributed by atoms with Gasteiger partial charge in [-0.2, -0.15) is 10.4 Å². The lowest BCUT2D eigenvalue weighted by Crippen LogP contribution is -2.29. The molecule has 0 spiro atoms. The van der Waals surface area contributed by atoms with Crippen LogP contribution in [0.15, 0.2) is 23.8 Å². The molecule has 0 aliphatic carbocycles. The highest BCUT2D eigenvalue weighted by Gasteiger charge is 2.31. The Bertz CT molecular complexity index is 1120. The van der Waals surface area contributed by atoms with Gasteiger partial charge in [0.05, 0.1) is 24.6 Å². The second-order valence-electron chi connectivity index (χ2n) is 7.98. The Hall–Kier alpha value is -3.29. The molecular formula is C21H24BN5O4. The lowest BCUT2D eigenvalue weighted by molar-refractivity contribution is 0.0342. The van der Waals surface area contributed by atoms with Gasteiger partial charge in [-0.15, -0.1) is 0 Å². The number of aryl methyl sites for hydroxylation is 1. The summed E-state index contributed by atoms with van der Waals surface area (Å²) in [5, 5.41) is 27.3. The molecular weight excluding hydrogens is 397 g/mol. The number of nitrogens with zero attached hydrogens (tertiary/aromatic N) is 3. The van der Waals surface area contributed by atoms with Crippen molar-refractivity contribution in [2.75, 3.05) is 18.5 Å². The minimum atomic E-state index is -0.965. The molecule has 0 radical (unpaired) electrons. The molecule has 1 fully saturated rings. The number of hydrogen-bond acceptors (Lipinski definition) is 7. The SMILES string of the molecule is CC1=C(C)c2cc(Nc3nn(C4COCCC4C#N)cc3C(N)=O)cc(C)c2OB1O. The average Bonchev–Trinajstić information content (AvgIpc) is 3.17. The summed E-state index contributed by atoms with van der Waals surface area (Å²) in [4.78, 5) is 12.1. The molecule has 2 aliphatic rings.